The molecule has 0 saturated carbocycles. The van der Waals surface area contributed by atoms with Crippen molar-refractivity contribution in [2.45, 2.75) is 194 Å². The molecule has 53 heavy (non-hydrogen) atoms. The first-order valence-corrected chi connectivity index (χ1v) is 21.7. The molecule has 0 radical (unpaired) electrons. The number of nitrogens with one attached hydrogen (secondary N) is 3. The van der Waals surface area contributed by atoms with Gasteiger partial charge in [-0.15, -0.1) is 0 Å². The second kappa shape index (κ2) is 31.5. The van der Waals surface area contributed by atoms with Crippen molar-refractivity contribution < 1.29 is 24.4 Å². The number of aromatic hydroxyl groups is 2. The first kappa shape index (κ1) is 46.3. The molecule has 5 N–H and O–H groups in total. The summed E-state index contributed by atoms with van der Waals surface area (Å²) in [5.74, 6) is 0.785. The zero-order valence-corrected chi connectivity index (χ0v) is 34.3. The highest BCUT2D eigenvalue weighted by Gasteiger charge is 2.12. The van der Waals surface area contributed by atoms with Crippen LogP contribution in [0.25, 0.3) is 0 Å². The maximum atomic E-state index is 10.2. The van der Waals surface area contributed by atoms with Gasteiger partial charge in [-0.3, -0.25) is 0 Å². The van der Waals surface area contributed by atoms with E-state index in [9.17, 15) is 10.2 Å². The van der Waals surface area contributed by atoms with E-state index in [0.717, 1.165) is 37.1 Å². The first-order chi connectivity index (χ1) is 26.0. The first-order valence-electron chi connectivity index (χ1n) is 21.7. The quantitative estimate of drug-likeness (QED) is 0.0203. The van der Waals surface area contributed by atoms with Crippen molar-refractivity contribution in [1.29, 1.82) is 0 Å². The maximum absolute atomic E-state index is 10.2. The van der Waals surface area contributed by atoms with E-state index in [-0.39, 0.29) is 30.4 Å². The standard InChI is InChI=1S/C45H79N3O5/c1-5-9-13-17-19-23-27-41(25-21-15-11-7-3)51-35-46-38-31-39(33-43(32-38)53-37-48-44-34-40(49)29-30-45(44)50)47-36-52-42(26-22-16-12-8-4)28-24-20-18-14-10-6-2/h29-34,41-42,46-50H,5-28,35-37H2,1-4H3. The van der Waals surface area contributed by atoms with Gasteiger partial charge in [-0.1, -0.05) is 156 Å². The van der Waals surface area contributed by atoms with Crippen LogP contribution in [0, 0.1) is 0 Å². The number of phenols is 2. The molecule has 0 aliphatic rings. The Morgan fingerprint density at radius 1 is 0.472 bits per heavy atom. The van der Waals surface area contributed by atoms with Gasteiger partial charge in [0.2, 0.25) is 0 Å². The van der Waals surface area contributed by atoms with Crippen molar-refractivity contribution >= 4 is 17.1 Å². The van der Waals surface area contributed by atoms with Gasteiger partial charge in [0.15, 0.2) is 6.73 Å². The lowest BCUT2D eigenvalue weighted by molar-refractivity contribution is 0.0502. The van der Waals surface area contributed by atoms with Gasteiger partial charge >= 0.3 is 0 Å². The van der Waals surface area contributed by atoms with Crippen LogP contribution in [0.5, 0.6) is 17.2 Å². The molecule has 8 heteroatoms. The Labute approximate surface area is 324 Å². The minimum absolute atomic E-state index is 0.0499. The van der Waals surface area contributed by atoms with E-state index < -0.39 is 0 Å². The summed E-state index contributed by atoms with van der Waals surface area (Å²) < 4.78 is 19.1. The van der Waals surface area contributed by atoms with Gasteiger partial charge < -0.3 is 40.4 Å². The average Bonchev–Trinajstić information content (AvgIpc) is 3.15. The number of hydrogen-bond donors (Lipinski definition) is 5. The number of phenolic OH excluding ortho intramolecular Hbond substituents is 2. The molecule has 2 aromatic rings. The number of unbranched alkanes of at least 4 members (excludes halogenated alkanes) is 16. The van der Waals surface area contributed by atoms with Crippen molar-refractivity contribution in [2.75, 3.05) is 36.1 Å². The fourth-order valence-corrected chi connectivity index (χ4v) is 6.76. The molecule has 0 aromatic heterocycles. The Balaban J connectivity index is 2.05. The molecule has 2 atom stereocenters. The minimum atomic E-state index is 0.0499. The maximum Gasteiger partial charge on any atom is 0.159 e. The average molecular weight is 742 g/mol. The van der Waals surface area contributed by atoms with Crippen LogP contribution < -0.4 is 20.7 Å². The Kier molecular flexibility index (Phi) is 27.5. The number of benzene rings is 2. The second-order valence-electron chi connectivity index (χ2n) is 14.9. The number of anilines is 3. The van der Waals surface area contributed by atoms with Crippen molar-refractivity contribution in [2.24, 2.45) is 0 Å². The summed E-state index contributed by atoms with van der Waals surface area (Å²) in [5, 5.41) is 30.1. The zero-order chi connectivity index (χ0) is 38.2. The van der Waals surface area contributed by atoms with E-state index in [4.69, 9.17) is 14.2 Å². The highest BCUT2D eigenvalue weighted by atomic mass is 16.5. The molecule has 0 spiro atoms. The van der Waals surface area contributed by atoms with Crippen LogP contribution in [-0.4, -0.2) is 42.6 Å². The van der Waals surface area contributed by atoms with E-state index in [1.54, 1.807) is 0 Å². The van der Waals surface area contributed by atoms with E-state index in [0.29, 0.717) is 24.9 Å². The molecule has 0 bridgehead atoms. The zero-order valence-electron chi connectivity index (χ0n) is 34.3. The summed E-state index contributed by atoms with van der Waals surface area (Å²) in [7, 11) is 0. The fourth-order valence-electron chi connectivity index (χ4n) is 6.76. The van der Waals surface area contributed by atoms with Gasteiger partial charge in [0.1, 0.15) is 30.7 Å². The molecule has 2 aromatic carbocycles. The van der Waals surface area contributed by atoms with E-state index in [2.05, 4.69) is 49.7 Å². The minimum Gasteiger partial charge on any atom is -0.508 e. The molecule has 0 fully saturated rings. The monoisotopic (exact) mass is 742 g/mol. The van der Waals surface area contributed by atoms with Crippen molar-refractivity contribution in [3.63, 3.8) is 0 Å². The molecular weight excluding hydrogens is 663 g/mol. The van der Waals surface area contributed by atoms with Gasteiger partial charge in [-0.05, 0) is 43.9 Å². The molecule has 0 aliphatic heterocycles. The third-order valence-electron chi connectivity index (χ3n) is 10.1. The summed E-state index contributed by atoms with van der Waals surface area (Å²) in [4.78, 5) is 0. The Hall–Kier alpha value is -2.84. The number of hydrogen-bond acceptors (Lipinski definition) is 8. The smallest absolute Gasteiger partial charge is 0.159 e. The Morgan fingerprint density at radius 3 is 1.34 bits per heavy atom. The molecule has 0 heterocycles. The molecule has 2 rings (SSSR count). The summed E-state index contributed by atoms with van der Waals surface area (Å²) in [6.07, 6.45) is 30.5. The van der Waals surface area contributed by atoms with Gasteiger partial charge in [0, 0.05) is 29.6 Å². The lowest BCUT2D eigenvalue weighted by atomic mass is 10.0. The van der Waals surface area contributed by atoms with Crippen LogP contribution in [0.1, 0.15) is 182 Å². The van der Waals surface area contributed by atoms with Crippen molar-refractivity contribution in [3.05, 3.63) is 36.4 Å². The second-order valence-corrected chi connectivity index (χ2v) is 14.9. The van der Waals surface area contributed by atoms with E-state index in [1.807, 2.05) is 12.1 Å². The molecule has 0 aliphatic carbocycles. The van der Waals surface area contributed by atoms with E-state index in [1.165, 1.54) is 147 Å². The summed E-state index contributed by atoms with van der Waals surface area (Å²) in [5.41, 5.74) is 2.21. The third-order valence-corrected chi connectivity index (χ3v) is 10.1. The van der Waals surface area contributed by atoms with Gasteiger partial charge in [0.25, 0.3) is 0 Å². The van der Waals surface area contributed by atoms with Crippen LogP contribution >= 0.6 is 0 Å². The Bertz CT molecular complexity index is 1090. The van der Waals surface area contributed by atoms with E-state index >= 15 is 0 Å². The van der Waals surface area contributed by atoms with Gasteiger partial charge in [-0.2, -0.15) is 0 Å². The molecular formula is C45H79N3O5. The largest absolute Gasteiger partial charge is 0.508 e. The van der Waals surface area contributed by atoms with Crippen LogP contribution in [0.3, 0.4) is 0 Å². The predicted molar refractivity (Wildman–Crippen MR) is 226 cm³/mol. The van der Waals surface area contributed by atoms with Crippen LogP contribution in [0.15, 0.2) is 36.4 Å². The van der Waals surface area contributed by atoms with Crippen molar-refractivity contribution in [3.8, 4) is 17.2 Å². The molecule has 304 valence electrons. The lowest BCUT2D eigenvalue weighted by Crippen LogP contribution is -2.19. The van der Waals surface area contributed by atoms with Crippen LogP contribution in [-0.2, 0) is 9.47 Å². The SMILES string of the molecule is CCCCCCCCC(CCCCCC)OCNc1cc(NCOC(CCCCCC)CCCCCCCC)cc(OCNc2cc(O)ccc2O)c1. The molecule has 0 amide bonds. The van der Waals surface area contributed by atoms with Gasteiger partial charge in [-0.25, -0.2) is 0 Å². The Morgan fingerprint density at radius 2 is 0.887 bits per heavy atom. The number of rotatable bonds is 36. The summed E-state index contributed by atoms with van der Waals surface area (Å²) in [6.45, 7) is 10.0. The van der Waals surface area contributed by atoms with Gasteiger partial charge in [0.05, 0.1) is 17.9 Å². The third kappa shape index (κ3) is 23.5. The molecule has 0 saturated heterocycles. The number of ether oxygens (including phenoxy) is 3. The fraction of sp³-hybridized carbons (Fsp3) is 0.733. The predicted octanol–water partition coefficient (Wildman–Crippen LogP) is 13.5. The normalized spacial score (nSPS) is 12.5. The molecule has 2 unspecified atom stereocenters. The molecule has 8 nitrogen and oxygen atoms in total. The summed E-state index contributed by atoms with van der Waals surface area (Å²) >= 11 is 0. The van der Waals surface area contributed by atoms with Crippen LogP contribution in [0.2, 0.25) is 0 Å². The highest BCUT2D eigenvalue weighted by molar-refractivity contribution is 5.61. The summed E-state index contributed by atoms with van der Waals surface area (Å²) in [6, 6.07) is 10.4. The topological polar surface area (TPSA) is 104 Å². The lowest BCUT2D eigenvalue weighted by Gasteiger charge is -2.21. The highest BCUT2D eigenvalue weighted by Crippen LogP contribution is 2.29. The van der Waals surface area contributed by atoms with Crippen LogP contribution in [0.4, 0.5) is 17.1 Å². The van der Waals surface area contributed by atoms with Crippen molar-refractivity contribution in [1.82, 2.24) is 0 Å².